The fourth-order valence-corrected chi connectivity index (χ4v) is 2.72. The Morgan fingerprint density at radius 3 is 2.43 bits per heavy atom. The molecule has 114 valence electrons. The number of hydrogen-bond donors (Lipinski definition) is 2. The molecular weight excluding hydrogens is 266 g/mol. The maximum absolute atomic E-state index is 12.1. The number of amides is 2. The summed E-state index contributed by atoms with van der Waals surface area (Å²) in [7, 11) is 0. The van der Waals surface area contributed by atoms with Crippen LogP contribution in [0.25, 0.3) is 0 Å². The van der Waals surface area contributed by atoms with Crippen molar-refractivity contribution < 1.29 is 9.59 Å². The van der Waals surface area contributed by atoms with E-state index < -0.39 is 0 Å². The van der Waals surface area contributed by atoms with E-state index in [2.05, 4.69) is 5.32 Å². The van der Waals surface area contributed by atoms with Gasteiger partial charge in [-0.3, -0.25) is 9.59 Å². The highest BCUT2D eigenvalue weighted by atomic mass is 16.2. The molecule has 0 unspecified atom stereocenters. The molecular formula is C16H23N3O2. The van der Waals surface area contributed by atoms with Gasteiger partial charge >= 0.3 is 0 Å². The number of nitrogens with one attached hydrogen (secondary N) is 1. The normalized spacial score (nSPS) is 15.8. The van der Waals surface area contributed by atoms with Crippen LogP contribution in [0.1, 0.15) is 30.9 Å². The molecule has 1 heterocycles. The van der Waals surface area contributed by atoms with Gasteiger partial charge in [-0.15, -0.1) is 0 Å². The van der Waals surface area contributed by atoms with Crippen LogP contribution in [0.5, 0.6) is 0 Å². The fraction of sp³-hybridized carbons (Fsp3) is 0.500. The second-order valence-corrected chi connectivity index (χ2v) is 5.50. The Morgan fingerprint density at radius 1 is 1.24 bits per heavy atom. The van der Waals surface area contributed by atoms with Crippen molar-refractivity contribution in [2.45, 2.75) is 38.8 Å². The van der Waals surface area contributed by atoms with Crippen LogP contribution in [0, 0.1) is 0 Å². The highest BCUT2D eigenvalue weighted by Gasteiger charge is 2.22. The molecule has 0 saturated carbocycles. The number of hydrogen-bond acceptors (Lipinski definition) is 3. The molecule has 2 rings (SSSR count). The monoisotopic (exact) mass is 289 g/mol. The third-order valence-electron chi connectivity index (χ3n) is 3.99. The summed E-state index contributed by atoms with van der Waals surface area (Å²) in [4.78, 5) is 25.2. The number of benzene rings is 1. The van der Waals surface area contributed by atoms with E-state index in [1.165, 1.54) is 0 Å². The number of rotatable bonds is 4. The summed E-state index contributed by atoms with van der Waals surface area (Å²) in [5.41, 5.74) is 7.68. The minimum absolute atomic E-state index is 0.0252. The van der Waals surface area contributed by atoms with Gasteiger partial charge < -0.3 is 16.0 Å². The van der Waals surface area contributed by atoms with E-state index in [-0.39, 0.29) is 17.9 Å². The van der Waals surface area contributed by atoms with Gasteiger partial charge in [-0.1, -0.05) is 24.3 Å². The average molecular weight is 289 g/mol. The quantitative estimate of drug-likeness (QED) is 0.861. The number of nitrogens with two attached hydrogens (primary N) is 1. The summed E-state index contributed by atoms with van der Waals surface area (Å²) < 4.78 is 0. The molecule has 5 heteroatoms. The molecule has 0 aromatic heterocycles. The highest BCUT2D eigenvalue weighted by molar-refractivity contribution is 5.79. The Bertz CT molecular complexity index is 508. The third kappa shape index (κ3) is 4.29. The lowest BCUT2D eigenvalue weighted by molar-refractivity contribution is -0.130. The molecule has 0 aliphatic carbocycles. The second kappa shape index (κ2) is 7.22. The molecule has 3 N–H and O–H groups in total. The first-order chi connectivity index (χ1) is 10.1. The first-order valence-corrected chi connectivity index (χ1v) is 7.42. The Balaban J connectivity index is 1.84. The lowest BCUT2D eigenvalue weighted by Crippen LogP contribution is -2.46. The van der Waals surface area contributed by atoms with Crippen LogP contribution >= 0.6 is 0 Å². The van der Waals surface area contributed by atoms with Crippen LogP contribution < -0.4 is 11.1 Å². The van der Waals surface area contributed by atoms with Crippen molar-refractivity contribution >= 4 is 11.8 Å². The van der Waals surface area contributed by atoms with Gasteiger partial charge in [0.2, 0.25) is 11.8 Å². The Labute approximate surface area is 125 Å². The largest absolute Gasteiger partial charge is 0.353 e. The summed E-state index contributed by atoms with van der Waals surface area (Å²) in [6, 6.07) is 7.92. The summed E-state index contributed by atoms with van der Waals surface area (Å²) in [6.07, 6.45) is 2.01. The van der Waals surface area contributed by atoms with Crippen LogP contribution in [-0.2, 0) is 22.6 Å². The average Bonchev–Trinajstić information content (AvgIpc) is 2.48. The topological polar surface area (TPSA) is 75.4 Å². The lowest BCUT2D eigenvalue weighted by Gasteiger charge is -2.31. The van der Waals surface area contributed by atoms with Crippen LogP contribution in [-0.4, -0.2) is 35.8 Å². The van der Waals surface area contributed by atoms with Gasteiger partial charge in [0, 0.05) is 32.6 Å². The minimum atomic E-state index is 0.0252. The summed E-state index contributed by atoms with van der Waals surface area (Å²) >= 11 is 0. The number of carbonyl (C=O) groups excluding carboxylic acids is 2. The smallest absolute Gasteiger partial charge is 0.224 e. The highest BCUT2D eigenvalue weighted by Crippen LogP contribution is 2.12. The molecule has 0 atom stereocenters. The standard InChI is InChI=1S/C16H23N3O2/c1-12(20)19-8-6-15(7-9-19)18-16(21)10-13-4-2-3-5-14(13)11-17/h2-5,15H,6-11,17H2,1H3,(H,18,21). The van der Waals surface area contributed by atoms with E-state index in [0.29, 0.717) is 13.0 Å². The molecule has 0 radical (unpaired) electrons. The predicted molar refractivity (Wildman–Crippen MR) is 81.5 cm³/mol. The summed E-state index contributed by atoms with van der Waals surface area (Å²) in [5.74, 6) is 0.133. The molecule has 1 aromatic carbocycles. The van der Waals surface area contributed by atoms with Crippen molar-refractivity contribution in [3.63, 3.8) is 0 Å². The van der Waals surface area contributed by atoms with Crippen LogP contribution in [0.15, 0.2) is 24.3 Å². The molecule has 21 heavy (non-hydrogen) atoms. The second-order valence-electron chi connectivity index (χ2n) is 5.50. The lowest BCUT2D eigenvalue weighted by atomic mass is 10.0. The molecule has 5 nitrogen and oxygen atoms in total. The van der Waals surface area contributed by atoms with Gasteiger partial charge in [0.15, 0.2) is 0 Å². The van der Waals surface area contributed by atoms with E-state index >= 15 is 0 Å². The van der Waals surface area contributed by atoms with Gasteiger partial charge in [-0.05, 0) is 24.0 Å². The van der Waals surface area contributed by atoms with Crippen LogP contribution in [0.3, 0.4) is 0 Å². The fourth-order valence-electron chi connectivity index (χ4n) is 2.72. The molecule has 1 aliphatic rings. The molecule has 2 amide bonds. The molecule has 0 bridgehead atoms. The van der Waals surface area contributed by atoms with Gasteiger partial charge in [0.05, 0.1) is 6.42 Å². The first-order valence-electron chi connectivity index (χ1n) is 7.42. The van der Waals surface area contributed by atoms with Crippen molar-refractivity contribution in [2.75, 3.05) is 13.1 Å². The maximum atomic E-state index is 12.1. The number of likely N-dealkylation sites (tertiary alicyclic amines) is 1. The first kappa shape index (κ1) is 15.5. The SMILES string of the molecule is CC(=O)N1CCC(NC(=O)Cc2ccccc2CN)CC1. The Morgan fingerprint density at radius 2 is 1.86 bits per heavy atom. The maximum Gasteiger partial charge on any atom is 0.224 e. The number of carbonyl (C=O) groups is 2. The van der Waals surface area contributed by atoms with Crippen molar-refractivity contribution in [3.8, 4) is 0 Å². The zero-order valence-electron chi connectivity index (χ0n) is 12.5. The van der Waals surface area contributed by atoms with Crippen LogP contribution in [0.2, 0.25) is 0 Å². The van der Waals surface area contributed by atoms with Crippen molar-refractivity contribution in [1.29, 1.82) is 0 Å². The summed E-state index contributed by atoms with van der Waals surface area (Å²) in [6.45, 7) is 3.47. The minimum Gasteiger partial charge on any atom is -0.353 e. The Kier molecular flexibility index (Phi) is 5.33. The van der Waals surface area contributed by atoms with E-state index in [1.807, 2.05) is 29.2 Å². The molecule has 0 spiro atoms. The Hall–Kier alpha value is -1.88. The van der Waals surface area contributed by atoms with Crippen molar-refractivity contribution in [2.24, 2.45) is 5.73 Å². The third-order valence-corrected chi connectivity index (χ3v) is 3.99. The number of nitrogens with zero attached hydrogens (tertiary/aromatic N) is 1. The van der Waals surface area contributed by atoms with E-state index in [4.69, 9.17) is 5.73 Å². The zero-order valence-corrected chi connectivity index (χ0v) is 12.5. The predicted octanol–water partition coefficient (Wildman–Crippen LogP) is 0.815. The van der Waals surface area contributed by atoms with E-state index in [9.17, 15) is 9.59 Å². The molecule has 1 saturated heterocycles. The van der Waals surface area contributed by atoms with Crippen molar-refractivity contribution in [1.82, 2.24) is 10.2 Å². The molecule has 1 aliphatic heterocycles. The number of piperidine rings is 1. The van der Waals surface area contributed by atoms with E-state index in [0.717, 1.165) is 37.1 Å². The van der Waals surface area contributed by atoms with Gasteiger partial charge in [0.1, 0.15) is 0 Å². The van der Waals surface area contributed by atoms with Gasteiger partial charge in [-0.25, -0.2) is 0 Å². The van der Waals surface area contributed by atoms with Gasteiger partial charge in [0.25, 0.3) is 0 Å². The zero-order chi connectivity index (χ0) is 15.2. The summed E-state index contributed by atoms with van der Waals surface area (Å²) in [5, 5.41) is 3.06. The molecule has 1 fully saturated rings. The van der Waals surface area contributed by atoms with Crippen LogP contribution in [0.4, 0.5) is 0 Å². The van der Waals surface area contributed by atoms with E-state index in [1.54, 1.807) is 6.92 Å². The molecule has 1 aromatic rings. The van der Waals surface area contributed by atoms with Crippen molar-refractivity contribution in [3.05, 3.63) is 35.4 Å². The van der Waals surface area contributed by atoms with Gasteiger partial charge in [-0.2, -0.15) is 0 Å².